The van der Waals surface area contributed by atoms with Crippen molar-refractivity contribution >= 4 is 5.91 Å². The largest absolute Gasteiger partial charge is 0.348 e. The predicted octanol–water partition coefficient (Wildman–Crippen LogP) is 1.72. The van der Waals surface area contributed by atoms with Gasteiger partial charge in [0.15, 0.2) is 0 Å². The van der Waals surface area contributed by atoms with Crippen LogP contribution in [0.5, 0.6) is 0 Å². The second kappa shape index (κ2) is 5.78. The van der Waals surface area contributed by atoms with E-state index >= 15 is 0 Å². The standard InChI is InChI=1S/C13H14F4N2O/c14-12(15)13(16,17)7-19-11(20)10-5-8-3-1-2-4-9(8)6-18-10/h1-4,10,12,18H,5-7H2,(H,19,20)/t10-/m0/s1. The SMILES string of the molecule is O=C(NCC(F)(F)C(F)F)[C@@H]1Cc2ccccc2CN1. The molecule has 1 heterocycles. The minimum absolute atomic E-state index is 0.349. The maximum absolute atomic E-state index is 12.7. The fraction of sp³-hybridized carbons (Fsp3) is 0.462. The van der Waals surface area contributed by atoms with Gasteiger partial charge in [-0.2, -0.15) is 8.78 Å². The summed E-state index contributed by atoms with van der Waals surface area (Å²) in [5, 5.41) is 4.77. The van der Waals surface area contributed by atoms with Crippen LogP contribution in [0.4, 0.5) is 17.6 Å². The molecule has 0 spiro atoms. The van der Waals surface area contributed by atoms with Crippen LogP contribution in [0.3, 0.4) is 0 Å². The van der Waals surface area contributed by atoms with Crippen molar-refractivity contribution in [1.82, 2.24) is 10.6 Å². The van der Waals surface area contributed by atoms with Crippen molar-refractivity contribution in [1.29, 1.82) is 0 Å². The molecule has 1 atom stereocenters. The summed E-state index contributed by atoms with van der Waals surface area (Å²) in [6.45, 7) is -0.914. The van der Waals surface area contributed by atoms with Crippen molar-refractivity contribution in [3.8, 4) is 0 Å². The first-order valence-electron chi connectivity index (χ1n) is 6.14. The number of halogens is 4. The molecular weight excluding hydrogens is 276 g/mol. The summed E-state index contributed by atoms with van der Waals surface area (Å²) in [4.78, 5) is 11.7. The lowest BCUT2D eigenvalue weighted by atomic mass is 9.95. The molecule has 2 rings (SSSR count). The average Bonchev–Trinajstić information content (AvgIpc) is 2.44. The normalized spacial score (nSPS) is 18.8. The minimum Gasteiger partial charge on any atom is -0.348 e. The lowest BCUT2D eigenvalue weighted by molar-refractivity contribution is -0.137. The smallest absolute Gasteiger partial charge is 0.324 e. The zero-order valence-electron chi connectivity index (χ0n) is 10.5. The number of rotatable bonds is 4. The molecule has 0 saturated heterocycles. The molecule has 1 aliphatic heterocycles. The van der Waals surface area contributed by atoms with E-state index < -0.39 is 30.8 Å². The minimum atomic E-state index is -4.21. The van der Waals surface area contributed by atoms with E-state index in [0.717, 1.165) is 11.1 Å². The molecule has 1 aromatic carbocycles. The Balaban J connectivity index is 1.92. The quantitative estimate of drug-likeness (QED) is 0.829. The van der Waals surface area contributed by atoms with Crippen LogP contribution in [0.1, 0.15) is 11.1 Å². The van der Waals surface area contributed by atoms with Crippen LogP contribution in [-0.4, -0.2) is 30.8 Å². The first-order valence-corrected chi connectivity index (χ1v) is 6.14. The Kier molecular flexibility index (Phi) is 4.27. The molecule has 0 radical (unpaired) electrons. The van der Waals surface area contributed by atoms with Gasteiger partial charge in [-0.05, 0) is 17.5 Å². The molecule has 1 aromatic rings. The molecule has 0 saturated carbocycles. The van der Waals surface area contributed by atoms with Crippen molar-refractivity contribution in [3.63, 3.8) is 0 Å². The Labute approximate surface area is 113 Å². The molecule has 7 heteroatoms. The summed E-state index contributed by atoms with van der Waals surface area (Å²) >= 11 is 0. The van der Waals surface area contributed by atoms with Crippen molar-refractivity contribution in [2.24, 2.45) is 0 Å². The molecule has 0 bridgehead atoms. The number of fused-ring (bicyclic) bond motifs is 1. The molecular formula is C13H14F4N2O. The summed E-state index contributed by atoms with van der Waals surface area (Å²) in [5.74, 6) is -4.90. The molecule has 0 unspecified atom stereocenters. The highest BCUT2D eigenvalue weighted by atomic mass is 19.3. The highest BCUT2D eigenvalue weighted by Gasteiger charge is 2.41. The third-order valence-electron chi connectivity index (χ3n) is 3.22. The maximum Gasteiger partial charge on any atom is 0.324 e. The monoisotopic (exact) mass is 290 g/mol. The fourth-order valence-corrected chi connectivity index (χ4v) is 2.05. The Hall–Kier alpha value is -1.63. The Bertz CT molecular complexity index is 493. The molecule has 1 aliphatic rings. The molecule has 0 aliphatic carbocycles. The van der Waals surface area contributed by atoms with Crippen LogP contribution in [0.2, 0.25) is 0 Å². The van der Waals surface area contributed by atoms with Crippen LogP contribution in [0, 0.1) is 0 Å². The van der Waals surface area contributed by atoms with Gasteiger partial charge in [0.2, 0.25) is 5.91 Å². The van der Waals surface area contributed by atoms with E-state index in [0.29, 0.717) is 13.0 Å². The molecule has 3 nitrogen and oxygen atoms in total. The van der Waals surface area contributed by atoms with Crippen molar-refractivity contribution in [2.75, 3.05) is 6.54 Å². The van der Waals surface area contributed by atoms with Gasteiger partial charge < -0.3 is 10.6 Å². The highest BCUT2D eigenvalue weighted by Crippen LogP contribution is 2.22. The van der Waals surface area contributed by atoms with Crippen molar-refractivity contribution < 1.29 is 22.4 Å². The lowest BCUT2D eigenvalue weighted by Gasteiger charge is -2.26. The van der Waals surface area contributed by atoms with E-state index in [-0.39, 0.29) is 0 Å². The number of benzene rings is 1. The number of hydrogen-bond donors (Lipinski definition) is 2. The Morgan fingerprint density at radius 1 is 1.35 bits per heavy atom. The number of alkyl halides is 4. The third kappa shape index (κ3) is 3.27. The van der Waals surface area contributed by atoms with E-state index in [4.69, 9.17) is 0 Å². The number of nitrogens with one attached hydrogen (secondary N) is 2. The van der Waals surface area contributed by atoms with Gasteiger partial charge in [0.25, 0.3) is 0 Å². The number of amides is 1. The first-order chi connectivity index (χ1) is 9.40. The Morgan fingerprint density at radius 3 is 2.65 bits per heavy atom. The van der Waals surface area contributed by atoms with Gasteiger partial charge in [-0.1, -0.05) is 24.3 Å². The molecule has 20 heavy (non-hydrogen) atoms. The van der Waals surface area contributed by atoms with Crippen molar-refractivity contribution in [2.45, 2.75) is 31.4 Å². The predicted molar refractivity (Wildman–Crippen MR) is 64.7 cm³/mol. The summed E-state index contributed by atoms with van der Waals surface area (Å²) in [5.41, 5.74) is 1.99. The van der Waals surface area contributed by atoms with E-state index in [1.165, 1.54) is 0 Å². The van der Waals surface area contributed by atoms with E-state index in [2.05, 4.69) is 5.32 Å². The van der Waals surface area contributed by atoms with Crippen molar-refractivity contribution in [3.05, 3.63) is 35.4 Å². The molecule has 0 fully saturated rings. The van der Waals surface area contributed by atoms with Gasteiger partial charge in [-0.3, -0.25) is 4.79 Å². The van der Waals surface area contributed by atoms with Crippen LogP contribution in [0.15, 0.2) is 24.3 Å². The van der Waals surface area contributed by atoms with E-state index in [9.17, 15) is 22.4 Å². The van der Waals surface area contributed by atoms with Crippen LogP contribution < -0.4 is 10.6 Å². The van der Waals surface area contributed by atoms with Gasteiger partial charge in [-0.15, -0.1) is 0 Å². The highest BCUT2D eigenvalue weighted by molar-refractivity contribution is 5.82. The van der Waals surface area contributed by atoms with Crippen LogP contribution >= 0.6 is 0 Å². The molecule has 0 aromatic heterocycles. The van der Waals surface area contributed by atoms with Gasteiger partial charge in [0, 0.05) is 6.54 Å². The summed E-state index contributed by atoms with van der Waals surface area (Å²) < 4.78 is 49.4. The van der Waals surface area contributed by atoms with Crippen LogP contribution in [0.25, 0.3) is 0 Å². The Morgan fingerprint density at radius 2 is 2.00 bits per heavy atom. The zero-order valence-corrected chi connectivity index (χ0v) is 10.5. The number of carbonyl (C=O) groups is 1. The third-order valence-corrected chi connectivity index (χ3v) is 3.22. The van der Waals surface area contributed by atoms with Gasteiger partial charge in [0.05, 0.1) is 12.6 Å². The van der Waals surface area contributed by atoms with Gasteiger partial charge in [-0.25, -0.2) is 8.78 Å². The van der Waals surface area contributed by atoms with Crippen LogP contribution in [-0.2, 0) is 17.8 Å². The first kappa shape index (κ1) is 14.8. The maximum atomic E-state index is 12.7. The number of hydrogen-bond acceptors (Lipinski definition) is 2. The second-order valence-electron chi connectivity index (χ2n) is 4.69. The fourth-order valence-electron chi connectivity index (χ4n) is 2.05. The van der Waals surface area contributed by atoms with Gasteiger partial charge >= 0.3 is 12.3 Å². The van der Waals surface area contributed by atoms with Gasteiger partial charge in [0.1, 0.15) is 0 Å². The lowest BCUT2D eigenvalue weighted by Crippen LogP contribution is -2.51. The summed E-state index contributed by atoms with van der Waals surface area (Å²) in [7, 11) is 0. The average molecular weight is 290 g/mol. The zero-order chi connectivity index (χ0) is 14.8. The topological polar surface area (TPSA) is 41.1 Å². The van der Waals surface area contributed by atoms with E-state index in [1.807, 2.05) is 29.6 Å². The molecule has 1 amide bonds. The van der Waals surface area contributed by atoms with E-state index in [1.54, 1.807) is 0 Å². The summed E-state index contributed by atoms with van der Waals surface area (Å²) in [6.07, 6.45) is -3.44. The second-order valence-corrected chi connectivity index (χ2v) is 4.69. The number of carbonyl (C=O) groups excluding carboxylic acids is 1. The molecule has 2 N–H and O–H groups in total. The summed E-state index contributed by atoms with van der Waals surface area (Å²) in [6, 6.07) is 6.76. The molecule has 110 valence electrons.